The predicted octanol–water partition coefficient (Wildman–Crippen LogP) is 3.15. The van der Waals surface area contributed by atoms with Crippen LogP contribution in [0.1, 0.15) is 25.3 Å². The van der Waals surface area contributed by atoms with Gasteiger partial charge in [-0.3, -0.25) is 4.79 Å². The van der Waals surface area contributed by atoms with Gasteiger partial charge >= 0.3 is 0 Å². The summed E-state index contributed by atoms with van der Waals surface area (Å²) in [5.41, 5.74) is 0.799. The van der Waals surface area contributed by atoms with Crippen molar-refractivity contribution < 1.29 is 22.7 Å². The molecule has 1 saturated heterocycles. The molecule has 0 spiro atoms. The Hall–Kier alpha value is -2.58. The Morgan fingerprint density at radius 3 is 2.35 bits per heavy atom. The molecule has 7 nitrogen and oxygen atoms in total. The SMILES string of the molecule is COc1ccc(OC)c(S(=O)(=O)N(CC(=O)N2CCC(C)CC2)Cc2ccccc2)c1. The summed E-state index contributed by atoms with van der Waals surface area (Å²) in [6, 6.07) is 13.9. The molecule has 0 aromatic heterocycles. The zero-order chi connectivity index (χ0) is 22.4. The maximum Gasteiger partial charge on any atom is 0.247 e. The second-order valence-corrected chi connectivity index (χ2v) is 9.75. The molecule has 0 bridgehead atoms. The molecule has 1 aliphatic rings. The van der Waals surface area contributed by atoms with E-state index in [1.807, 2.05) is 30.3 Å². The van der Waals surface area contributed by atoms with Gasteiger partial charge in [0.15, 0.2) is 0 Å². The van der Waals surface area contributed by atoms with Gasteiger partial charge in [-0.05, 0) is 36.5 Å². The van der Waals surface area contributed by atoms with Crippen LogP contribution >= 0.6 is 0 Å². The van der Waals surface area contributed by atoms with Gasteiger partial charge in [-0.2, -0.15) is 4.31 Å². The van der Waals surface area contributed by atoms with Crippen LogP contribution in [-0.2, 0) is 21.4 Å². The summed E-state index contributed by atoms with van der Waals surface area (Å²) in [7, 11) is -1.15. The number of hydrogen-bond acceptors (Lipinski definition) is 5. The van der Waals surface area contributed by atoms with Gasteiger partial charge in [0.25, 0.3) is 0 Å². The molecular formula is C23H30N2O5S. The zero-order valence-electron chi connectivity index (χ0n) is 18.3. The van der Waals surface area contributed by atoms with Crippen molar-refractivity contribution in [1.29, 1.82) is 0 Å². The molecule has 0 radical (unpaired) electrons. The molecular weight excluding hydrogens is 416 g/mol. The summed E-state index contributed by atoms with van der Waals surface area (Å²) in [5, 5.41) is 0. The van der Waals surface area contributed by atoms with Gasteiger partial charge in [-0.15, -0.1) is 0 Å². The largest absolute Gasteiger partial charge is 0.497 e. The second kappa shape index (κ2) is 10.2. The van der Waals surface area contributed by atoms with Crippen molar-refractivity contribution >= 4 is 15.9 Å². The van der Waals surface area contributed by atoms with Crippen molar-refractivity contribution in [1.82, 2.24) is 9.21 Å². The second-order valence-electron chi connectivity index (χ2n) is 7.84. The fraction of sp³-hybridized carbons (Fsp3) is 0.435. The number of amides is 1. The van der Waals surface area contributed by atoms with Crippen molar-refractivity contribution in [3.8, 4) is 11.5 Å². The van der Waals surface area contributed by atoms with Crippen LogP contribution in [0.4, 0.5) is 0 Å². The monoisotopic (exact) mass is 446 g/mol. The van der Waals surface area contributed by atoms with E-state index in [9.17, 15) is 13.2 Å². The molecule has 1 amide bonds. The first-order chi connectivity index (χ1) is 14.8. The molecule has 1 heterocycles. The topological polar surface area (TPSA) is 76.1 Å². The van der Waals surface area contributed by atoms with Crippen molar-refractivity contribution in [3.63, 3.8) is 0 Å². The maximum atomic E-state index is 13.7. The average Bonchev–Trinajstić information content (AvgIpc) is 2.79. The van der Waals surface area contributed by atoms with E-state index in [1.54, 1.807) is 17.0 Å². The highest BCUT2D eigenvalue weighted by atomic mass is 32.2. The third kappa shape index (κ3) is 5.57. The lowest BCUT2D eigenvalue weighted by atomic mass is 9.99. The minimum atomic E-state index is -4.04. The van der Waals surface area contributed by atoms with Gasteiger partial charge in [0.1, 0.15) is 16.4 Å². The number of hydrogen-bond donors (Lipinski definition) is 0. The minimum absolute atomic E-state index is 0.0228. The first kappa shape index (κ1) is 23.1. The van der Waals surface area contributed by atoms with E-state index in [-0.39, 0.29) is 29.6 Å². The maximum absolute atomic E-state index is 13.7. The Morgan fingerprint density at radius 1 is 1.06 bits per heavy atom. The first-order valence-corrected chi connectivity index (χ1v) is 11.8. The Labute approximate surface area is 184 Å². The Balaban J connectivity index is 1.94. The molecule has 0 saturated carbocycles. The summed E-state index contributed by atoms with van der Waals surface area (Å²) >= 11 is 0. The normalized spacial score (nSPS) is 15.2. The van der Waals surface area contributed by atoms with Crippen LogP contribution in [0.5, 0.6) is 11.5 Å². The number of methoxy groups -OCH3 is 2. The fourth-order valence-electron chi connectivity index (χ4n) is 3.65. The number of piperidine rings is 1. The molecule has 8 heteroatoms. The van der Waals surface area contributed by atoms with E-state index >= 15 is 0 Å². The number of benzene rings is 2. The number of rotatable bonds is 8. The molecule has 0 N–H and O–H groups in total. The highest BCUT2D eigenvalue weighted by Gasteiger charge is 2.32. The van der Waals surface area contributed by atoms with Gasteiger partial charge in [-0.1, -0.05) is 37.3 Å². The van der Waals surface area contributed by atoms with Gasteiger partial charge in [0, 0.05) is 25.7 Å². The number of carbonyl (C=O) groups excluding carboxylic acids is 1. The molecule has 1 aliphatic heterocycles. The van der Waals surface area contributed by atoms with Gasteiger partial charge < -0.3 is 14.4 Å². The van der Waals surface area contributed by atoms with Crippen LogP contribution in [0, 0.1) is 5.92 Å². The van der Waals surface area contributed by atoms with Crippen molar-refractivity contribution in [2.45, 2.75) is 31.2 Å². The molecule has 2 aromatic rings. The van der Waals surface area contributed by atoms with E-state index in [1.165, 1.54) is 24.6 Å². The van der Waals surface area contributed by atoms with E-state index in [2.05, 4.69) is 6.92 Å². The van der Waals surface area contributed by atoms with Gasteiger partial charge in [0.2, 0.25) is 15.9 Å². The lowest BCUT2D eigenvalue weighted by Crippen LogP contribution is -2.45. The molecule has 0 aliphatic carbocycles. The van der Waals surface area contributed by atoms with Crippen LogP contribution in [-0.4, -0.2) is 57.4 Å². The first-order valence-electron chi connectivity index (χ1n) is 10.4. The van der Waals surface area contributed by atoms with E-state index < -0.39 is 10.0 Å². The molecule has 1 fully saturated rings. The smallest absolute Gasteiger partial charge is 0.247 e. The minimum Gasteiger partial charge on any atom is -0.497 e. The molecule has 168 valence electrons. The molecule has 3 rings (SSSR count). The Kier molecular flexibility index (Phi) is 7.56. The quantitative estimate of drug-likeness (QED) is 0.623. The third-order valence-corrected chi connectivity index (χ3v) is 7.45. The summed E-state index contributed by atoms with van der Waals surface area (Å²) in [6.07, 6.45) is 1.86. The van der Waals surface area contributed by atoms with Crippen molar-refractivity contribution in [3.05, 3.63) is 54.1 Å². The standard InChI is InChI=1S/C23H30N2O5S/c1-18-11-13-24(14-12-18)23(26)17-25(16-19-7-5-4-6-8-19)31(27,28)22-15-20(29-2)9-10-21(22)30-3/h4-10,15,18H,11-14,16-17H2,1-3H3. The summed E-state index contributed by atoms with van der Waals surface area (Å²) < 4.78 is 39.1. The summed E-state index contributed by atoms with van der Waals surface area (Å²) in [4.78, 5) is 14.8. The van der Waals surface area contributed by atoms with Gasteiger partial charge in [0.05, 0.1) is 20.8 Å². The highest BCUT2D eigenvalue weighted by Crippen LogP contribution is 2.31. The van der Waals surface area contributed by atoms with Crippen LogP contribution in [0.15, 0.2) is 53.4 Å². The van der Waals surface area contributed by atoms with E-state index in [4.69, 9.17) is 9.47 Å². The van der Waals surface area contributed by atoms with E-state index in [0.29, 0.717) is 24.8 Å². The molecule has 0 atom stereocenters. The average molecular weight is 447 g/mol. The van der Waals surface area contributed by atoms with Crippen LogP contribution in [0.3, 0.4) is 0 Å². The van der Waals surface area contributed by atoms with Gasteiger partial charge in [-0.25, -0.2) is 8.42 Å². The Morgan fingerprint density at radius 2 is 1.74 bits per heavy atom. The van der Waals surface area contributed by atoms with Crippen LogP contribution in [0.25, 0.3) is 0 Å². The molecule has 2 aromatic carbocycles. The molecule has 0 unspecified atom stereocenters. The zero-order valence-corrected chi connectivity index (χ0v) is 19.1. The lowest BCUT2D eigenvalue weighted by Gasteiger charge is -2.32. The number of carbonyl (C=O) groups is 1. The number of sulfonamides is 1. The number of ether oxygens (including phenoxy) is 2. The lowest BCUT2D eigenvalue weighted by molar-refractivity contribution is -0.132. The van der Waals surface area contributed by atoms with Crippen LogP contribution in [0.2, 0.25) is 0 Å². The third-order valence-electron chi connectivity index (χ3n) is 5.64. The fourth-order valence-corrected chi connectivity index (χ4v) is 5.19. The molecule has 31 heavy (non-hydrogen) atoms. The highest BCUT2D eigenvalue weighted by molar-refractivity contribution is 7.89. The van der Waals surface area contributed by atoms with Crippen molar-refractivity contribution in [2.75, 3.05) is 33.9 Å². The van der Waals surface area contributed by atoms with E-state index in [0.717, 1.165) is 18.4 Å². The van der Waals surface area contributed by atoms with Crippen LogP contribution < -0.4 is 9.47 Å². The predicted molar refractivity (Wildman–Crippen MR) is 119 cm³/mol. The number of nitrogens with zero attached hydrogens (tertiary/aromatic N) is 2. The summed E-state index contributed by atoms with van der Waals surface area (Å²) in [6.45, 7) is 3.33. The number of likely N-dealkylation sites (tertiary alicyclic amines) is 1. The summed E-state index contributed by atoms with van der Waals surface area (Å²) in [5.74, 6) is 0.996. The van der Waals surface area contributed by atoms with Crippen molar-refractivity contribution in [2.24, 2.45) is 5.92 Å². The Bertz CT molecular complexity index is 986.